The van der Waals surface area contributed by atoms with Crippen molar-refractivity contribution < 1.29 is 4.79 Å². The van der Waals surface area contributed by atoms with Gasteiger partial charge in [-0.15, -0.1) is 4.98 Å². The SMILES string of the molecule is [C-]#[N+]c1ccc(N2CCC(C(=O)N3CCCN(C4CCC4)CC3)CC2)cn1. The lowest BCUT2D eigenvalue weighted by molar-refractivity contribution is -0.136. The molecule has 3 fully saturated rings. The van der Waals surface area contributed by atoms with Crippen molar-refractivity contribution in [3.8, 4) is 0 Å². The van der Waals surface area contributed by atoms with Crippen molar-refractivity contribution in [3.05, 3.63) is 29.7 Å². The number of amides is 1. The fourth-order valence-corrected chi connectivity index (χ4v) is 4.55. The van der Waals surface area contributed by atoms with Gasteiger partial charge in [0.05, 0.1) is 5.69 Å². The van der Waals surface area contributed by atoms with Crippen LogP contribution in [0, 0.1) is 12.5 Å². The van der Waals surface area contributed by atoms with Gasteiger partial charge in [-0.2, -0.15) is 0 Å². The molecule has 0 aromatic carbocycles. The zero-order valence-corrected chi connectivity index (χ0v) is 16.0. The van der Waals surface area contributed by atoms with Crippen molar-refractivity contribution in [2.75, 3.05) is 44.2 Å². The largest absolute Gasteiger partial charge is 0.369 e. The van der Waals surface area contributed by atoms with Gasteiger partial charge in [-0.05, 0) is 44.2 Å². The summed E-state index contributed by atoms with van der Waals surface area (Å²) in [5, 5.41) is 0. The molecule has 4 rings (SSSR count). The Kier molecular flexibility index (Phi) is 5.58. The number of carbonyl (C=O) groups excluding carboxylic acids is 1. The number of aromatic nitrogens is 1. The van der Waals surface area contributed by atoms with Gasteiger partial charge in [0.2, 0.25) is 5.91 Å². The minimum Gasteiger partial charge on any atom is -0.369 e. The fourth-order valence-electron chi connectivity index (χ4n) is 4.55. The van der Waals surface area contributed by atoms with E-state index in [1.807, 2.05) is 6.07 Å². The van der Waals surface area contributed by atoms with Gasteiger partial charge < -0.3 is 14.6 Å². The number of piperidine rings is 1. The summed E-state index contributed by atoms with van der Waals surface area (Å²) < 4.78 is 0. The normalized spacial score (nSPS) is 22.8. The summed E-state index contributed by atoms with van der Waals surface area (Å²) in [4.78, 5) is 27.6. The van der Waals surface area contributed by atoms with Crippen LogP contribution in [-0.4, -0.2) is 66.0 Å². The predicted molar refractivity (Wildman–Crippen MR) is 106 cm³/mol. The second kappa shape index (κ2) is 8.26. The van der Waals surface area contributed by atoms with Crippen LogP contribution in [0.25, 0.3) is 4.85 Å². The maximum atomic E-state index is 13.0. The standard InChI is InChI=1S/C21H29N5O/c1-22-20-7-6-19(16-23-20)25-12-8-17(9-13-25)21(27)26-11-3-10-24(14-15-26)18-4-2-5-18/h6-7,16-18H,2-5,8-15H2. The first-order valence-corrected chi connectivity index (χ1v) is 10.4. The number of anilines is 1. The Labute approximate surface area is 162 Å². The van der Waals surface area contributed by atoms with Gasteiger partial charge in [0, 0.05) is 51.2 Å². The molecule has 1 amide bonds. The molecule has 3 heterocycles. The Morgan fingerprint density at radius 3 is 2.44 bits per heavy atom. The number of carbonyl (C=O) groups is 1. The van der Waals surface area contributed by atoms with Gasteiger partial charge in [0.15, 0.2) is 0 Å². The number of hydrogen-bond acceptors (Lipinski definition) is 4. The van der Waals surface area contributed by atoms with E-state index in [0.717, 1.165) is 70.3 Å². The van der Waals surface area contributed by atoms with E-state index in [0.29, 0.717) is 11.7 Å². The van der Waals surface area contributed by atoms with Gasteiger partial charge in [-0.25, -0.2) is 0 Å². The molecule has 0 radical (unpaired) electrons. The molecular weight excluding hydrogens is 338 g/mol. The van der Waals surface area contributed by atoms with E-state index in [1.54, 1.807) is 12.3 Å². The average Bonchev–Trinajstić information content (AvgIpc) is 2.92. The summed E-state index contributed by atoms with van der Waals surface area (Å²) in [7, 11) is 0. The Morgan fingerprint density at radius 1 is 1.00 bits per heavy atom. The smallest absolute Gasteiger partial charge is 0.269 e. The van der Waals surface area contributed by atoms with Gasteiger partial charge in [-0.1, -0.05) is 13.0 Å². The van der Waals surface area contributed by atoms with Crippen molar-refractivity contribution in [3.63, 3.8) is 0 Å². The van der Waals surface area contributed by atoms with Crippen molar-refractivity contribution in [1.82, 2.24) is 14.8 Å². The van der Waals surface area contributed by atoms with Gasteiger partial charge in [0.25, 0.3) is 5.82 Å². The molecule has 144 valence electrons. The van der Waals surface area contributed by atoms with Crippen molar-refractivity contribution >= 4 is 17.4 Å². The fraction of sp³-hybridized carbons (Fsp3) is 0.667. The average molecular weight is 367 g/mol. The van der Waals surface area contributed by atoms with Crippen molar-refractivity contribution in [2.24, 2.45) is 5.92 Å². The highest BCUT2D eigenvalue weighted by Gasteiger charge is 2.32. The first kappa shape index (κ1) is 18.2. The Hall–Kier alpha value is -2.13. The second-order valence-electron chi connectivity index (χ2n) is 8.05. The van der Waals surface area contributed by atoms with Crippen molar-refractivity contribution in [2.45, 2.75) is 44.6 Å². The molecule has 1 aromatic rings. The molecule has 2 saturated heterocycles. The third-order valence-electron chi connectivity index (χ3n) is 6.49. The summed E-state index contributed by atoms with van der Waals surface area (Å²) in [6, 6.07) is 4.52. The molecule has 0 unspecified atom stereocenters. The van der Waals surface area contributed by atoms with Gasteiger partial charge in [-0.3, -0.25) is 9.69 Å². The van der Waals surface area contributed by atoms with E-state index < -0.39 is 0 Å². The summed E-state index contributed by atoms with van der Waals surface area (Å²) in [6.45, 7) is 12.8. The number of pyridine rings is 1. The maximum absolute atomic E-state index is 13.0. The molecule has 2 aliphatic heterocycles. The van der Waals surface area contributed by atoms with Gasteiger partial charge in [0.1, 0.15) is 6.20 Å². The van der Waals surface area contributed by atoms with Crippen LogP contribution in [0.4, 0.5) is 11.5 Å². The van der Waals surface area contributed by atoms with Crippen LogP contribution in [0.1, 0.15) is 38.5 Å². The van der Waals surface area contributed by atoms with Crippen LogP contribution in [0.3, 0.4) is 0 Å². The lowest BCUT2D eigenvalue weighted by Crippen LogP contribution is -2.45. The minimum atomic E-state index is 0.159. The van der Waals surface area contributed by atoms with E-state index in [2.05, 4.69) is 24.5 Å². The quantitative estimate of drug-likeness (QED) is 0.771. The number of hydrogen-bond donors (Lipinski definition) is 0. The molecule has 0 spiro atoms. The molecule has 1 aromatic heterocycles. The highest BCUT2D eigenvalue weighted by atomic mass is 16.2. The molecule has 27 heavy (non-hydrogen) atoms. The molecule has 0 atom stereocenters. The van der Waals surface area contributed by atoms with E-state index in [-0.39, 0.29) is 5.92 Å². The molecule has 0 bridgehead atoms. The third-order valence-corrected chi connectivity index (χ3v) is 6.49. The zero-order chi connectivity index (χ0) is 18.6. The van der Waals surface area contributed by atoms with Crippen LogP contribution in [0.5, 0.6) is 0 Å². The van der Waals surface area contributed by atoms with Crippen LogP contribution in [0.15, 0.2) is 18.3 Å². The topological polar surface area (TPSA) is 44.0 Å². The van der Waals surface area contributed by atoms with Crippen LogP contribution < -0.4 is 4.90 Å². The molecular formula is C21H29N5O. The minimum absolute atomic E-state index is 0.159. The summed E-state index contributed by atoms with van der Waals surface area (Å²) in [6.07, 6.45) is 8.77. The van der Waals surface area contributed by atoms with E-state index >= 15 is 0 Å². The van der Waals surface area contributed by atoms with Crippen molar-refractivity contribution in [1.29, 1.82) is 0 Å². The predicted octanol–water partition coefficient (Wildman–Crippen LogP) is 2.94. The zero-order valence-electron chi connectivity index (χ0n) is 16.0. The molecule has 0 N–H and O–H groups in total. The summed E-state index contributed by atoms with van der Waals surface area (Å²) in [5.74, 6) is 0.958. The molecule has 1 saturated carbocycles. The molecule has 6 heteroatoms. The molecule has 1 aliphatic carbocycles. The molecule has 6 nitrogen and oxygen atoms in total. The van der Waals surface area contributed by atoms with Gasteiger partial charge >= 0.3 is 0 Å². The van der Waals surface area contributed by atoms with E-state index in [1.165, 1.54) is 19.3 Å². The van der Waals surface area contributed by atoms with Crippen LogP contribution >= 0.6 is 0 Å². The third kappa shape index (κ3) is 4.08. The van der Waals surface area contributed by atoms with Crippen LogP contribution in [0.2, 0.25) is 0 Å². The number of rotatable bonds is 3. The highest BCUT2D eigenvalue weighted by Crippen LogP contribution is 2.28. The lowest BCUT2D eigenvalue weighted by Gasteiger charge is -2.37. The first-order valence-electron chi connectivity index (χ1n) is 10.4. The Balaban J connectivity index is 1.28. The number of nitrogens with zero attached hydrogens (tertiary/aromatic N) is 5. The summed E-state index contributed by atoms with van der Waals surface area (Å²) >= 11 is 0. The monoisotopic (exact) mass is 367 g/mol. The van der Waals surface area contributed by atoms with Crippen LogP contribution in [-0.2, 0) is 4.79 Å². The first-order chi connectivity index (χ1) is 13.2. The highest BCUT2D eigenvalue weighted by molar-refractivity contribution is 5.79. The Bertz CT molecular complexity index is 686. The Morgan fingerprint density at radius 2 is 1.81 bits per heavy atom. The maximum Gasteiger partial charge on any atom is 0.269 e. The lowest BCUT2D eigenvalue weighted by atomic mass is 9.91. The molecule has 3 aliphatic rings. The van der Waals surface area contributed by atoms with E-state index in [9.17, 15) is 4.79 Å². The second-order valence-corrected chi connectivity index (χ2v) is 8.05. The van der Waals surface area contributed by atoms with E-state index in [4.69, 9.17) is 6.57 Å². The summed E-state index contributed by atoms with van der Waals surface area (Å²) in [5.41, 5.74) is 1.05.